The van der Waals surface area contributed by atoms with E-state index in [-0.39, 0.29) is 10.2 Å². The van der Waals surface area contributed by atoms with Crippen LogP contribution in [0.15, 0.2) is 41.3 Å². The molecule has 2 unspecified atom stereocenters. The maximum Gasteiger partial charge on any atom is 0.323 e. The van der Waals surface area contributed by atoms with Crippen LogP contribution in [0, 0.1) is 0 Å². The molecule has 0 aromatic heterocycles. The number of thioether (sulfide) groups is 1. The summed E-state index contributed by atoms with van der Waals surface area (Å²) in [5.74, 6) is 0.367. The number of ether oxygens (including phenoxy) is 2. The van der Waals surface area contributed by atoms with E-state index < -0.39 is 12.5 Å². The number of rotatable bonds is 6. The number of aliphatic carboxylic acids is 1. The van der Waals surface area contributed by atoms with Gasteiger partial charge in [-0.1, -0.05) is 36.5 Å². The molecule has 1 aliphatic carbocycles. The number of carbonyl (C=O) groups is 2. The van der Waals surface area contributed by atoms with Gasteiger partial charge in [-0.15, -0.1) is 0 Å². The van der Waals surface area contributed by atoms with Gasteiger partial charge in [0.2, 0.25) is 0 Å². The molecule has 1 amide bonds. The number of carboxylic acid groups (broad SMARTS) is 1. The molecule has 3 aliphatic rings. The Morgan fingerprint density at radius 3 is 2.71 bits per heavy atom. The van der Waals surface area contributed by atoms with Crippen LogP contribution < -0.4 is 14.4 Å². The van der Waals surface area contributed by atoms with Gasteiger partial charge < -0.3 is 19.5 Å². The summed E-state index contributed by atoms with van der Waals surface area (Å²) in [6.45, 7) is -0.420. The fourth-order valence-corrected chi connectivity index (χ4v) is 6.45. The van der Waals surface area contributed by atoms with E-state index in [1.807, 2.05) is 24.3 Å². The van der Waals surface area contributed by atoms with Gasteiger partial charge in [0, 0.05) is 29.4 Å². The van der Waals surface area contributed by atoms with Gasteiger partial charge in [0.05, 0.1) is 19.1 Å². The Balaban J connectivity index is 1.49. The van der Waals surface area contributed by atoms with Crippen molar-refractivity contribution in [1.29, 1.82) is 0 Å². The Morgan fingerprint density at radius 1 is 1.18 bits per heavy atom. The summed E-state index contributed by atoms with van der Waals surface area (Å²) in [6.07, 6.45) is 5.20. The number of anilines is 2. The largest absolute Gasteiger partial charge is 0.493 e. The SMILES string of the molecule is COc1ccc(N2c3ccc(/C=C4\SC(=S)N(CC(=O)O)C4=O)cc3C3CCCC32)cc1OC. The molecular formula is C25H24N2O5S2. The second-order valence-electron chi connectivity index (χ2n) is 8.49. The highest BCUT2D eigenvalue weighted by atomic mass is 32.2. The quantitative estimate of drug-likeness (QED) is 0.452. The zero-order valence-corrected chi connectivity index (χ0v) is 20.4. The minimum atomic E-state index is -1.09. The van der Waals surface area contributed by atoms with Crippen molar-refractivity contribution in [2.45, 2.75) is 31.2 Å². The fourth-order valence-electron chi connectivity index (χ4n) is 5.20. The van der Waals surface area contributed by atoms with Gasteiger partial charge >= 0.3 is 5.97 Å². The van der Waals surface area contributed by atoms with E-state index in [1.54, 1.807) is 14.2 Å². The molecule has 9 heteroatoms. The van der Waals surface area contributed by atoms with E-state index in [9.17, 15) is 9.59 Å². The first-order valence-corrected chi connectivity index (χ1v) is 12.3. The summed E-state index contributed by atoms with van der Waals surface area (Å²) < 4.78 is 11.2. The Hall–Kier alpha value is -3.04. The Morgan fingerprint density at radius 2 is 1.97 bits per heavy atom. The zero-order valence-electron chi connectivity index (χ0n) is 18.8. The Bertz CT molecular complexity index is 1230. The van der Waals surface area contributed by atoms with Crippen molar-refractivity contribution in [2.24, 2.45) is 0 Å². The van der Waals surface area contributed by atoms with E-state index in [1.165, 1.54) is 5.56 Å². The van der Waals surface area contributed by atoms with E-state index in [4.69, 9.17) is 26.8 Å². The van der Waals surface area contributed by atoms with Crippen LogP contribution in [0.25, 0.3) is 6.08 Å². The molecule has 1 saturated heterocycles. The Kier molecular flexibility index (Phi) is 5.99. The summed E-state index contributed by atoms with van der Waals surface area (Å²) in [5, 5.41) is 9.06. The molecular weight excluding hydrogens is 472 g/mol. The number of hydrogen-bond acceptors (Lipinski definition) is 7. The molecule has 34 heavy (non-hydrogen) atoms. The van der Waals surface area contributed by atoms with Gasteiger partial charge in [-0.05, 0) is 54.3 Å². The van der Waals surface area contributed by atoms with Gasteiger partial charge in [0.1, 0.15) is 10.9 Å². The molecule has 0 spiro atoms. The van der Waals surface area contributed by atoms with E-state index in [0.29, 0.717) is 28.4 Å². The average Bonchev–Trinajstić information content (AvgIpc) is 3.48. The summed E-state index contributed by atoms with van der Waals surface area (Å²) in [4.78, 5) is 27.7. The number of methoxy groups -OCH3 is 2. The maximum absolute atomic E-state index is 12.7. The molecule has 2 fully saturated rings. The molecule has 0 radical (unpaired) electrons. The van der Waals surface area contributed by atoms with Crippen LogP contribution >= 0.6 is 24.0 Å². The van der Waals surface area contributed by atoms with E-state index in [2.05, 4.69) is 23.1 Å². The van der Waals surface area contributed by atoms with Crippen LogP contribution in [0.2, 0.25) is 0 Å². The third-order valence-electron chi connectivity index (χ3n) is 6.63. The molecule has 2 aromatic rings. The van der Waals surface area contributed by atoms with E-state index >= 15 is 0 Å². The van der Waals surface area contributed by atoms with Crippen molar-refractivity contribution in [3.8, 4) is 11.5 Å². The molecule has 5 rings (SSSR count). The predicted octanol–water partition coefficient (Wildman–Crippen LogP) is 4.78. The maximum atomic E-state index is 12.7. The molecule has 2 aliphatic heterocycles. The lowest BCUT2D eigenvalue weighted by Gasteiger charge is -2.27. The number of nitrogens with zero attached hydrogens (tertiary/aromatic N) is 2. The lowest BCUT2D eigenvalue weighted by Crippen LogP contribution is -2.33. The fraction of sp³-hybridized carbons (Fsp3) is 0.320. The monoisotopic (exact) mass is 496 g/mol. The minimum Gasteiger partial charge on any atom is -0.493 e. The topological polar surface area (TPSA) is 79.3 Å². The summed E-state index contributed by atoms with van der Waals surface area (Å²) in [5.41, 5.74) is 4.41. The van der Waals surface area contributed by atoms with Crippen LogP contribution in [-0.2, 0) is 9.59 Å². The second kappa shape index (κ2) is 8.96. The first kappa shape index (κ1) is 22.7. The van der Waals surface area contributed by atoms with Gasteiger partial charge in [-0.2, -0.15) is 0 Å². The lowest BCUT2D eigenvalue weighted by atomic mass is 9.96. The number of carboxylic acids is 1. The van der Waals surface area contributed by atoms with Gasteiger partial charge in [0.15, 0.2) is 11.5 Å². The molecule has 2 aromatic carbocycles. The third kappa shape index (κ3) is 3.82. The predicted molar refractivity (Wildman–Crippen MR) is 136 cm³/mol. The summed E-state index contributed by atoms with van der Waals surface area (Å²) >= 11 is 6.36. The van der Waals surface area contributed by atoms with Crippen molar-refractivity contribution >= 4 is 57.6 Å². The van der Waals surface area contributed by atoms with Crippen LogP contribution in [0.5, 0.6) is 11.5 Å². The van der Waals surface area contributed by atoms with Crippen LogP contribution in [0.4, 0.5) is 11.4 Å². The van der Waals surface area contributed by atoms with Crippen molar-refractivity contribution < 1.29 is 24.2 Å². The van der Waals surface area contributed by atoms with Crippen molar-refractivity contribution in [1.82, 2.24) is 4.90 Å². The molecule has 2 atom stereocenters. The van der Waals surface area contributed by atoms with Gasteiger partial charge in [0.25, 0.3) is 5.91 Å². The second-order valence-corrected chi connectivity index (χ2v) is 10.2. The summed E-state index contributed by atoms with van der Waals surface area (Å²) in [7, 11) is 3.27. The van der Waals surface area contributed by atoms with Gasteiger partial charge in [-0.25, -0.2) is 0 Å². The number of amides is 1. The molecule has 2 heterocycles. The van der Waals surface area contributed by atoms with Crippen molar-refractivity contribution in [3.05, 3.63) is 52.4 Å². The third-order valence-corrected chi connectivity index (χ3v) is 8.01. The normalized spacial score (nSPS) is 22.4. The zero-order chi connectivity index (χ0) is 24.0. The molecule has 1 N–H and O–H groups in total. The van der Waals surface area contributed by atoms with Crippen LogP contribution in [-0.4, -0.2) is 53.0 Å². The van der Waals surface area contributed by atoms with Gasteiger partial charge in [-0.3, -0.25) is 14.5 Å². The number of benzene rings is 2. The van der Waals surface area contributed by atoms with Crippen LogP contribution in [0.3, 0.4) is 0 Å². The minimum absolute atomic E-state index is 0.273. The first-order valence-electron chi connectivity index (χ1n) is 11.0. The molecule has 7 nitrogen and oxygen atoms in total. The van der Waals surface area contributed by atoms with Crippen molar-refractivity contribution in [2.75, 3.05) is 25.7 Å². The average molecular weight is 497 g/mol. The standard InChI is InChI=1S/C25H24N2O5S2/c1-31-20-9-7-15(12-21(20)32-2)27-18-5-3-4-16(18)17-10-14(6-8-19(17)27)11-22-24(30)26(13-23(28)29)25(33)34-22/h6-12,16,18H,3-5,13H2,1-2H3,(H,28,29)/b22-11-. The first-order chi connectivity index (χ1) is 16.4. The molecule has 1 saturated carbocycles. The molecule has 0 bridgehead atoms. The number of carbonyl (C=O) groups excluding carboxylic acids is 1. The highest BCUT2D eigenvalue weighted by Crippen LogP contribution is 2.53. The van der Waals surface area contributed by atoms with E-state index in [0.717, 1.165) is 52.9 Å². The smallest absolute Gasteiger partial charge is 0.323 e. The highest BCUT2D eigenvalue weighted by Gasteiger charge is 2.42. The molecule has 176 valence electrons. The number of thiocarbonyl (C=S) groups is 1. The lowest BCUT2D eigenvalue weighted by molar-refractivity contribution is -0.140. The highest BCUT2D eigenvalue weighted by molar-refractivity contribution is 8.26. The summed E-state index contributed by atoms with van der Waals surface area (Å²) in [6, 6.07) is 12.6. The number of fused-ring (bicyclic) bond motifs is 3. The van der Waals surface area contributed by atoms with Crippen molar-refractivity contribution in [3.63, 3.8) is 0 Å². The number of hydrogen-bond donors (Lipinski definition) is 1. The Labute approximate surface area is 207 Å². The van der Waals surface area contributed by atoms with Crippen LogP contribution in [0.1, 0.15) is 36.3 Å².